The molecule has 2 N–H and O–H groups in total. The third-order valence-electron chi connectivity index (χ3n) is 2.14. The molecule has 0 bridgehead atoms. The standard InChI is InChI=1S/C8H10N2O2S/c1-8(12)4-5(8)10-6(11)7-9-2-3-13-7/h2-3,5,12H,4H2,1H3,(H,10,11). The van der Waals surface area contributed by atoms with Crippen molar-refractivity contribution in [3.63, 3.8) is 0 Å². The Morgan fingerprint density at radius 2 is 2.62 bits per heavy atom. The molecular formula is C8H10N2O2S. The predicted molar refractivity (Wildman–Crippen MR) is 48.6 cm³/mol. The van der Waals surface area contributed by atoms with Crippen molar-refractivity contribution in [2.45, 2.75) is 25.0 Å². The summed E-state index contributed by atoms with van der Waals surface area (Å²) in [5.74, 6) is -0.197. The van der Waals surface area contributed by atoms with Crippen LogP contribution in [0.4, 0.5) is 0 Å². The lowest BCUT2D eigenvalue weighted by molar-refractivity contribution is 0.0920. The maximum absolute atomic E-state index is 11.4. The van der Waals surface area contributed by atoms with Crippen LogP contribution in [-0.4, -0.2) is 27.6 Å². The third-order valence-corrected chi connectivity index (χ3v) is 2.91. The van der Waals surface area contributed by atoms with E-state index in [0.29, 0.717) is 11.4 Å². The van der Waals surface area contributed by atoms with Crippen LogP contribution in [0.15, 0.2) is 11.6 Å². The zero-order chi connectivity index (χ0) is 9.47. The number of hydrogen-bond donors (Lipinski definition) is 2. The molecule has 2 rings (SSSR count). The molecule has 1 aromatic heterocycles. The van der Waals surface area contributed by atoms with Gasteiger partial charge in [0.25, 0.3) is 5.91 Å². The van der Waals surface area contributed by atoms with Crippen LogP contribution in [0.25, 0.3) is 0 Å². The minimum Gasteiger partial charge on any atom is -0.388 e. The molecule has 1 aromatic rings. The molecule has 2 unspecified atom stereocenters. The molecule has 13 heavy (non-hydrogen) atoms. The van der Waals surface area contributed by atoms with Crippen molar-refractivity contribution in [3.05, 3.63) is 16.6 Å². The Labute approximate surface area is 79.6 Å². The van der Waals surface area contributed by atoms with Crippen molar-refractivity contribution < 1.29 is 9.90 Å². The van der Waals surface area contributed by atoms with Crippen LogP contribution in [0.1, 0.15) is 23.1 Å². The molecule has 2 atom stereocenters. The number of hydrogen-bond acceptors (Lipinski definition) is 4. The molecule has 0 spiro atoms. The van der Waals surface area contributed by atoms with Gasteiger partial charge < -0.3 is 10.4 Å². The van der Waals surface area contributed by atoms with E-state index >= 15 is 0 Å². The van der Waals surface area contributed by atoms with Crippen molar-refractivity contribution in [1.29, 1.82) is 0 Å². The molecule has 1 amide bonds. The average molecular weight is 198 g/mol. The second-order valence-corrected chi connectivity index (χ2v) is 4.32. The topological polar surface area (TPSA) is 62.2 Å². The quantitative estimate of drug-likeness (QED) is 0.723. The molecule has 5 heteroatoms. The normalized spacial score (nSPS) is 31.4. The van der Waals surface area contributed by atoms with Crippen molar-refractivity contribution >= 4 is 17.2 Å². The minimum absolute atomic E-state index is 0.108. The van der Waals surface area contributed by atoms with Gasteiger partial charge in [-0.3, -0.25) is 4.79 Å². The van der Waals surface area contributed by atoms with E-state index in [4.69, 9.17) is 0 Å². The highest BCUT2D eigenvalue weighted by Crippen LogP contribution is 2.35. The number of aliphatic hydroxyl groups is 1. The minimum atomic E-state index is -0.715. The first-order valence-electron chi connectivity index (χ1n) is 4.02. The van der Waals surface area contributed by atoms with Crippen LogP contribution in [0.3, 0.4) is 0 Å². The molecule has 1 fully saturated rings. The molecule has 0 aliphatic heterocycles. The van der Waals surface area contributed by atoms with Gasteiger partial charge in [-0.1, -0.05) is 0 Å². The Morgan fingerprint density at radius 3 is 3.08 bits per heavy atom. The average Bonchev–Trinajstić information content (AvgIpc) is 2.58. The van der Waals surface area contributed by atoms with Crippen molar-refractivity contribution in [3.8, 4) is 0 Å². The van der Waals surface area contributed by atoms with Gasteiger partial charge in [0.15, 0.2) is 5.01 Å². The molecule has 4 nitrogen and oxygen atoms in total. The van der Waals surface area contributed by atoms with E-state index in [1.54, 1.807) is 18.5 Å². The molecule has 1 aliphatic rings. The first-order valence-corrected chi connectivity index (χ1v) is 4.90. The van der Waals surface area contributed by atoms with E-state index in [-0.39, 0.29) is 11.9 Å². The summed E-state index contributed by atoms with van der Waals surface area (Å²) in [6.07, 6.45) is 2.22. The van der Waals surface area contributed by atoms with E-state index < -0.39 is 5.60 Å². The van der Waals surface area contributed by atoms with Crippen LogP contribution in [0, 0.1) is 0 Å². The van der Waals surface area contributed by atoms with Gasteiger partial charge in [0, 0.05) is 18.0 Å². The fraction of sp³-hybridized carbons (Fsp3) is 0.500. The SMILES string of the molecule is CC1(O)CC1NC(=O)c1nccs1. The number of nitrogens with zero attached hydrogens (tertiary/aromatic N) is 1. The summed E-state index contributed by atoms with van der Waals surface area (Å²) in [7, 11) is 0. The second kappa shape index (κ2) is 2.78. The zero-order valence-corrected chi connectivity index (χ0v) is 7.97. The lowest BCUT2D eigenvalue weighted by Gasteiger charge is -2.03. The van der Waals surface area contributed by atoms with E-state index in [1.807, 2.05) is 0 Å². The van der Waals surface area contributed by atoms with Gasteiger partial charge in [-0.05, 0) is 6.92 Å². The number of amides is 1. The van der Waals surface area contributed by atoms with Crippen LogP contribution in [0.2, 0.25) is 0 Å². The predicted octanol–water partition coefficient (Wildman–Crippen LogP) is 0.396. The van der Waals surface area contributed by atoms with E-state index in [1.165, 1.54) is 11.3 Å². The maximum Gasteiger partial charge on any atom is 0.280 e. The smallest absolute Gasteiger partial charge is 0.280 e. The number of rotatable bonds is 2. The first kappa shape index (κ1) is 8.65. The summed E-state index contributed by atoms with van der Waals surface area (Å²) in [5.41, 5.74) is -0.715. The van der Waals surface area contributed by atoms with Crippen molar-refractivity contribution in [2.24, 2.45) is 0 Å². The highest BCUT2D eigenvalue weighted by Gasteiger charge is 2.49. The maximum atomic E-state index is 11.4. The Morgan fingerprint density at radius 1 is 1.92 bits per heavy atom. The van der Waals surface area contributed by atoms with E-state index in [0.717, 1.165) is 0 Å². The van der Waals surface area contributed by atoms with Gasteiger partial charge >= 0.3 is 0 Å². The molecule has 1 aliphatic carbocycles. The lowest BCUT2D eigenvalue weighted by Crippen LogP contribution is -2.30. The summed E-state index contributed by atoms with van der Waals surface area (Å²) >= 11 is 1.30. The lowest BCUT2D eigenvalue weighted by atomic mass is 10.4. The summed E-state index contributed by atoms with van der Waals surface area (Å²) in [5, 5.41) is 14.3. The van der Waals surface area contributed by atoms with Gasteiger partial charge in [-0.2, -0.15) is 0 Å². The summed E-state index contributed by atoms with van der Waals surface area (Å²) < 4.78 is 0. The van der Waals surface area contributed by atoms with Gasteiger partial charge in [0.2, 0.25) is 0 Å². The summed E-state index contributed by atoms with van der Waals surface area (Å²) in [6.45, 7) is 1.71. The van der Waals surface area contributed by atoms with Crippen molar-refractivity contribution in [1.82, 2.24) is 10.3 Å². The molecule has 0 saturated heterocycles. The Balaban J connectivity index is 1.94. The van der Waals surface area contributed by atoms with Gasteiger partial charge in [-0.15, -0.1) is 11.3 Å². The van der Waals surface area contributed by atoms with Crippen LogP contribution in [0.5, 0.6) is 0 Å². The highest BCUT2D eigenvalue weighted by molar-refractivity contribution is 7.11. The zero-order valence-electron chi connectivity index (χ0n) is 7.15. The Hall–Kier alpha value is -0.940. The Bertz CT molecular complexity index is 321. The van der Waals surface area contributed by atoms with Crippen molar-refractivity contribution in [2.75, 3.05) is 0 Å². The monoisotopic (exact) mass is 198 g/mol. The number of aromatic nitrogens is 1. The van der Waals surface area contributed by atoms with Crippen LogP contribution < -0.4 is 5.32 Å². The number of nitrogens with one attached hydrogen (secondary N) is 1. The molecule has 70 valence electrons. The second-order valence-electron chi connectivity index (χ2n) is 3.42. The van der Waals surface area contributed by atoms with Crippen LogP contribution >= 0.6 is 11.3 Å². The molecule has 1 heterocycles. The Kier molecular flexibility index (Phi) is 1.85. The van der Waals surface area contributed by atoms with Crippen LogP contribution in [-0.2, 0) is 0 Å². The summed E-state index contributed by atoms with van der Waals surface area (Å²) in [4.78, 5) is 15.2. The van der Waals surface area contributed by atoms with E-state index in [9.17, 15) is 9.90 Å². The largest absolute Gasteiger partial charge is 0.388 e. The van der Waals surface area contributed by atoms with E-state index in [2.05, 4.69) is 10.3 Å². The van der Waals surface area contributed by atoms with Gasteiger partial charge in [0.1, 0.15) is 0 Å². The summed E-state index contributed by atoms with van der Waals surface area (Å²) in [6, 6.07) is -0.108. The molecule has 0 aromatic carbocycles. The number of carbonyl (C=O) groups excluding carboxylic acids is 1. The molecule has 1 saturated carbocycles. The highest BCUT2D eigenvalue weighted by atomic mass is 32.1. The first-order chi connectivity index (χ1) is 6.09. The fourth-order valence-corrected chi connectivity index (χ4v) is 1.65. The number of thiazole rings is 1. The molecule has 0 radical (unpaired) electrons. The van der Waals surface area contributed by atoms with Gasteiger partial charge in [-0.25, -0.2) is 4.98 Å². The van der Waals surface area contributed by atoms with Gasteiger partial charge in [0.05, 0.1) is 11.6 Å². The molecular weight excluding hydrogens is 188 g/mol. The number of carbonyl (C=O) groups is 1. The third kappa shape index (κ3) is 1.71. The fourth-order valence-electron chi connectivity index (χ4n) is 1.12.